The molecule has 1 fully saturated rings. The fraction of sp³-hybridized carbons (Fsp3) is 0.400. The number of carbonyl (C=O) groups excluding carboxylic acids is 1. The van der Waals surface area contributed by atoms with Gasteiger partial charge in [0.05, 0.1) is 17.5 Å². The standard InChI is InChI=1S/C25H29ClFNO2/c1-2-30-25(29)20-11-8-16-28(18-20)15-7-3-4-9-19-10-5-6-12-22(19)23-14-13-21(27)17-24(23)26/h4-6,9-10,12-14,17,20H,2-3,7-8,11,15-16,18H2,1H3/b9-4+. The number of carbonyl (C=O) groups is 1. The van der Waals surface area contributed by atoms with E-state index in [0.717, 1.165) is 62.0 Å². The molecule has 5 heteroatoms. The summed E-state index contributed by atoms with van der Waals surface area (Å²) in [6.45, 7) is 5.13. The molecule has 160 valence electrons. The van der Waals surface area contributed by atoms with Crippen molar-refractivity contribution in [2.45, 2.75) is 32.6 Å². The molecule has 1 aliphatic heterocycles. The second-order valence-electron chi connectivity index (χ2n) is 7.65. The van der Waals surface area contributed by atoms with Gasteiger partial charge in [-0.2, -0.15) is 0 Å². The third kappa shape index (κ3) is 6.16. The van der Waals surface area contributed by atoms with E-state index in [9.17, 15) is 9.18 Å². The van der Waals surface area contributed by atoms with Gasteiger partial charge in [0, 0.05) is 12.1 Å². The summed E-state index contributed by atoms with van der Waals surface area (Å²) in [4.78, 5) is 14.3. The molecular formula is C25H29ClFNO2. The Morgan fingerprint density at radius 2 is 2.10 bits per heavy atom. The first kappa shape index (κ1) is 22.5. The molecule has 0 radical (unpaired) electrons. The number of halogens is 2. The highest BCUT2D eigenvalue weighted by Crippen LogP contribution is 2.31. The molecule has 2 aromatic carbocycles. The smallest absolute Gasteiger partial charge is 0.310 e. The minimum absolute atomic E-state index is 0.0153. The Labute approximate surface area is 183 Å². The third-order valence-corrected chi connectivity index (χ3v) is 5.76. The SMILES string of the molecule is CCOC(=O)C1CCCN(CCC/C=C/c2ccccc2-c2ccc(F)cc2Cl)C1. The molecule has 0 N–H and O–H groups in total. The van der Waals surface area contributed by atoms with Gasteiger partial charge in [0.2, 0.25) is 0 Å². The largest absolute Gasteiger partial charge is 0.466 e. The summed E-state index contributed by atoms with van der Waals surface area (Å²) in [6.07, 6.45) is 8.23. The number of unbranched alkanes of at least 4 members (excludes halogenated alkanes) is 1. The number of benzene rings is 2. The first-order valence-corrected chi connectivity index (χ1v) is 11.1. The lowest BCUT2D eigenvalue weighted by Crippen LogP contribution is -2.39. The molecule has 3 rings (SSSR count). The van der Waals surface area contributed by atoms with Crippen molar-refractivity contribution < 1.29 is 13.9 Å². The Morgan fingerprint density at radius 3 is 2.90 bits per heavy atom. The van der Waals surface area contributed by atoms with E-state index in [1.807, 2.05) is 31.2 Å². The van der Waals surface area contributed by atoms with Crippen molar-refractivity contribution in [1.29, 1.82) is 0 Å². The number of allylic oxidation sites excluding steroid dienone is 1. The summed E-state index contributed by atoms with van der Waals surface area (Å²) in [7, 11) is 0. The molecular weight excluding hydrogens is 401 g/mol. The number of hydrogen-bond acceptors (Lipinski definition) is 3. The first-order valence-electron chi connectivity index (χ1n) is 10.7. The number of rotatable bonds is 8. The van der Waals surface area contributed by atoms with E-state index in [2.05, 4.69) is 17.1 Å². The highest BCUT2D eigenvalue weighted by molar-refractivity contribution is 6.33. The van der Waals surface area contributed by atoms with Gasteiger partial charge in [-0.1, -0.05) is 48.0 Å². The zero-order chi connectivity index (χ0) is 21.3. The summed E-state index contributed by atoms with van der Waals surface area (Å²) < 4.78 is 18.6. The van der Waals surface area contributed by atoms with Gasteiger partial charge in [-0.05, 0) is 75.0 Å². The Bertz CT molecular complexity index is 883. The van der Waals surface area contributed by atoms with Gasteiger partial charge < -0.3 is 9.64 Å². The summed E-state index contributed by atoms with van der Waals surface area (Å²) in [6, 6.07) is 12.5. The van der Waals surface area contributed by atoms with Gasteiger partial charge in [0.25, 0.3) is 0 Å². The molecule has 2 aromatic rings. The minimum Gasteiger partial charge on any atom is -0.466 e. The van der Waals surface area contributed by atoms with Crippen LogP contribution in [0.25, 0.3) is 17.2 Å². The molecule has 1 saturated heterocycles. The van der Waals surface area contributed by atoms with Crippen molar-refractivity contribution in [1.82, 2.24) is 4.90 Å². The van der Waals surface area contributed by atoms with Gasteiger partial charge in [-0.25, -0.2) is 4.39 Å². The highest BCUT2D eigenvalue weighted by atomic mass is 35.5. The Balaban J connectivity index is 1.54. The van der Waals surface area contributed by atoms with Gasteiger partial charge in [0.15, 0.2) is 0 Å². The van der Waals surface area contributed by atoms with E-state index in [-0.39, 0.29) is 17.7 Å². The van der Waals surface area contributed by atoms with Crippen LogP contribution in [0.5, 0.6) is 0 Å². The van der Waals surface area contributed by atoms with Crippen molar-refractivity contribution >= 4 is 23.6 Å². The second-order valence-corrected chi connectivity index (χ2v) is 8.06. The zero-order valence-corrected chi connectivity index (χ0v) is 18.2. The minimum atomic E-state index is -0.334. The van der Waals surface area contributed by atoms with Crippen LogP contribution in [-0.2, 0) is 9.53 Å². The molecule has 3 nitrogen and oxygen atoms in total. The molecule has 1 atom stereocenters. The summed E-state index contributed by atoms with van der Waals surface area (Å²) in [5.41, 5.74) is 2.88. The van der Waals surface area contributed by atoms with E-state index in [0.29, 0.717) is 11.6 Å². The molecule has 0 amide bonds. The molecule has 0 spiro atoms. The first-order chi connectivity index (χ1) is 14.6. The third-order valence-electron chi connectivity index (χ3n) is 5.45. The topological polar surface area (TPSA) is 29.5 Å². The van der Waals surface area contributed by atoms with Crippen molar-refractivity contribution in [2.75, 3.05) is 26.2 Å². The van der Waals surface area contributed by atoms with Crippen LogP contribution < -0.4 is 0 Å². The number of hydrogen-bond donors (Lipinski definition) is 0. The Hall–Kier alpha value is -2.17. The molecule has 0 saturated carbocycles. The van der Waals surface area contributed by atoms with Crippen LogP contribution in [0.3, 0.4) is 0 Å². The van der Waals surface area contributed by atoms with Crippen molar-refractivity contribution in [3.63, 3.8) is 0 Å². The Morgan fingerprint density at radius 1 is 1.27 bits per heavy atom. The number of likely N-dealkylation sites (tertiary alicyclic amines) is 1. The summed E-state index contributed by atoms with van der Waals surface area (Å²) in [5, 5.41) is 0.414. The average Bonchev–Trinajstić information content (AvgIpc) is 2.74. The van der Waals surface area contributed by atoms with Gasteiger partial charge >= 0.3 is 5.97 Å². The quantitative estimate of drug-likeness (QED) is 0.368. The normalized spacial score (nSPS) is 17.4. The fourth-order valence-electron chi connectivity index (χ4n) is 3.95. The lowest BCUT2D eigenvalue weighted by Gasteiger charge is -2.31. The summed E-state index contributed by atoms with van der Waals surface area (Å²) in [5.74, 6) is -0.376. The molecule has 1 aliphatic rings. The fourth-order valence-corrected chi connectivity index (χ4v) is 4.22. The lowest BCUT2D eigenvalue weighted by molar-refractivity contribution is -0.149. The summed E-state index contributed by atoms with van der Waals surface area (Å²) >= 11 is 6.26. The maximum atomic E-state index is 13.4. The molecule has 30 heavy (non-hydrogen) atoms. The molecule has 0 aromatic heterocycles. The average molecular weight is 430 g/mol. The van der Waals surface area contributed by atoms with Gasteiger partial charge in [0.1, 0.15) is 5.82 Å². The van der Waals surface area contributed by atoms with Crippen molar-refractivity contribution in [3.05, 3.63) is 64.9 Å². The van der Waals surface area contributed by atoms with Crippen LogP contribution in [0.15, 0.2) is 48.5 Å². The van der Waals surface area contributed by atoms with E-state index in [4.69, 9.17) is 16.3 Å². The maximum absolute atomic E-state index is 13.4. The number of esters is 1. The van der Waals surface area contributed by atoms with Crippen LogP contribution in [0.1, 0.15) is 38.2 Å². The molecule has 0 bridgehead atoms. The van der Waals surface area contributed by atoms with E-state index in [1.165, 1.54) is 12.1 Å². The maximum Gasteiger partial charge on any atom is 0.310 e. The van der Waals surface area contributed by atoms with Crippen molar-refractivity contribution in [3.8, 4) is 11.1 Å². The van der Waals surface area contributed by atoms with Crippen LogP contribution >= 0.6 is 11.6 Å². The van der Waals surface area contributed by atoms with Gasteiger partial charge in [-0.15, -0.1) is 0 Å². The zero-order valence-electron chi connectivity index (χ0n) is 17.4. The predicted octanol–water partition coefficient (Wildman–Crippen LogP) is 6.21. The predicted molar refractivity (Wildman–Crippen MR) is 121 cm³/mol. The second kappa shape index (κ2) is 11.3. The number of ether oxygens (including phenoxy) is 1. The molecule has 1 heterocycles. The van der Waals surface area contributed by atoms with Crippen LogP contribution in [0.2, 0.25) is 5.02 Å². The Kier molecular flexibility index (Phi) is 8.47. The lowest BCUT2D eigenvalue weighted by atomic mass is 9.98. The molecule has 1 unspecified atom stereocenters. The van der Waals surface area contributed by atoms with Crippen LogP contribution in [-0.4, -0.2) is 37.1 Å². The van der Waals surface area contributed by atoms with Gasteiger partial charge in [-0.3, -0.25) is 4.79 Å². The number of nitrogens with zero attached hydrogens (tertiary/aromatic N) is 1. The van der Waals surface area contributed by atoms with Crippen LogP contribution in [0, 0.1) is 11.7 Å². The van der Waals surface area contributed by atoms with Crippen molar-refractivity contribution in [2.24, 2.45) is 5.92 Å². The highest BCUT2D eigenvalue weighted by Gasteiger charge is 2.26. The molecule has 0 aliphatic carbocycles. The van der Waals surface area contributed by atoms with Crippen LogP contribution in [0.4, 0.5) is 4.39 Å². The monoisotopic (exact) mass is 429 g/mol. The van der Waals surface area contributed by atoms with E-state index >= 15 is 0 Å². The van der Waals surface area contributed by atoms with E-state index < -0.39 is 0 Å². The number of piperidine rings is 1. The van der Waals surface area contributed by atoms with E-state index in [1.54, 1.807) is 6.07 Å².